The van der Waals surface area contributed by atoms with Crippen molar-refractivity contribution < 1.29 is 14.3 Å². The standard InChI is InChI=1S/C19H21NO3S/c1-4-23-19(22)14-8-7-9-15(12-14)20-18(21)16-10-5-6-11-17(16)24-13(2)3/h5-13H,4H2,1-3H3,(H,20,21). The minimum absolute atomic E-state index is 0.195. The van der Waals surface area contributed by atoms with Crippen molar-refractivity contribution in [3.8, 4) is 0 Å². The highest BCUT2D eigenvalue weighted by Crippen LogP contribution is 2.27. The van der Waals surface area contributed by atoms with Gasteiger partial charge in [0.1, 0.15) is 0 Å². The molecule has 0 saturated carbocycles. The Morgan fingerprint density at radius 3 is 2.58 bits per heavy atom. The maximum absolute atomic E-state index is 12.6. The summed E-state index contributed by atoms with van der Waals surface area (Å²) in [5.74, 6) is -0.593. The van der Waals surface area contributed by atoms with Gasteiger partial charge in [-0.2, -0.15) is 0 Å². The zero-order valence-electron chi connectivity index (χ0n) is 14.0. The Balaban J connectivity index is 2.18. The fraction of sp³-hybridized carbons (Fsp3) is 0.263. The van der Waals surface area contributed by atoms with E-state index < -0.39 is 5.97 Å². The van der Waals surface area contributed by atoms with Crippen molar-refractivity contribution in [2.75, 3.05) is 11.9 Å². The number of thioether (sulfide) groups is 1. The summed E-state index contributed by atoms with van der Waals surface area (Å²) in [4.78, 5) is 25.3. The molecule has 0 bridgehead atoms. The highest BCUT2D eigenvalue weighted by molar-refractivity contribution is 8.00. The van der Waals surface area contributed by atoms with Crippen molar-refractivity contribution >= 4 is 29.3 Å². The maximum atomic E-state index is 12.6. The van der Waals surface area contributed by atoms with Crippen molar-refractivity contribution in [2.24, 2.45) is 0 Å². The molecule has 0 aromatic heterocycles. The van der Waals surface area contributed by atoms with Crippen LogP contribution in [0, 0.1) is 0 Å². The number of esters is 1. The van der Waals surface area contributed by atoms with Gasteiger partial charge in [0.2, 0.25) is 0 Å². The van der Waals surface area contributed by atoms with E-state index in [0.29, 0.717) is 28.7 Å². The Morgan fingerprint density at radius 1 is 1.12 bits per heavy atom. The predicted molar refractivity (Wildman–Crippen MR) is 97.8 cm³/mol. The molecule has 0 aliphatic carbocycles. The molecule has 1 amide bonds. The highest BCUT2D eigenvalue weighted by Gasteiger charge is 2.14. The van der Waals surface area contributed by atoms with Gasteiger partial charge in [-0.15, -0.1) is 11.8 Å². The van der Waals surface area contributed by atoms with E-state index >= 15 is 0 Å². The molecule has 24 heavy (non-hydrogen) atoms. The molecule has 4 nitrogen and oxygen atoms in total. The Labute approximate surface area is 146 Å². The van der Waals surface area contributed by atoms with Gasteiger partial charge in [-0.3, -0.25) is 4.79 Å². The molecule has 2 rings (SSSR count). The zero-order chi connectivity index (χ0) is 17.5. The second kappa shape index (κ2) is 8.55. The Hall–Kier alpha value is -2.27. The van der Waals surface area contributed by atoms with Gasteiger partial charge in [-0.05, 0) is 37.3 Å². The van der Waals surface area contributed by atoms with E-state index in [4.69, 9.17) is 4.74 Å². The fourth-order valence-electron chi connectivity index (χ4n) is 2.15. The van der Waals surface area contributed by atoms with Crippen LogP contribution in [0.4, 0.5) is 5.69 Å². The van der Waals surface area contributed by atoms with Crippen LogP contribution in [0.1, 0.15) is 41.5 Å². The van der Waals surface area contributed by atoms with Crippen LogP contribution in [0.3, 0.4) is 0 Å². The molecule has 126 valence electrons. The minimum atomic E-state index is -0.399. The number of carbonyl (C=O) groups is 2. The van der Waals surface area contributed by atoms with Gasteiger partial charge in [-0.25, -0.2) is 4.79 Å². The number of anilines is 1. The van der Waals surface area contributed by atoms with Crippen molar-refractivity contribution in [1.29, 1.82) is 0 Å². The summed E-state index contributed by atoms with van der Waals surface area (Å²) in [7, 11) is 0. The van der Waals surface area contributed by atoms with Crippen molar-refractivity contribution in [3.05, 3.63) is 59.7 Å². The topological polar surface area (TPSA) is 55.4 Å². The molecule has 1 N–H and O–H groups in total. The predicted octanol–water partition coefficient (Wildman–Crippen LogP) is 4.62. The third-order valence-electron chi connectivity index (χ3n) is 3.13. The molecule has 0 spiro atoms. The average Bonchev–Trinajstić information content (AvgIpc) is 2.55. The molecule has 0 atom stereocenters. The zero-order valence-corrected chi connectivity index (χ0v) is 14.9. The maximum Gasteiger partial charge on any atom is 0.338 e. The van der Waals surface area contributed by atoms with E-state index in [1.165, 1.54) is 0 Å². The van der Waals surface area contributed by atoms with Crippen LogP contribution in [0.25, 0.3) is 0 Å². The van der Waals surface area contributed by atoms with E-state index in [1.807, 2.05) is 18.2 Å². The average molecular weight is 343 g/mol. The molecule has 2 aromatic carbocycles. The third kappa shape index (κ3) is 4.86. The SMILES string of the molecule is CCOC(=O)c1cccc(NC(=O)c2ccccc2SC(C)C)c1. The minimum Gasteiger partial charge on any atom is -0.462 e. The van der Waals surface area contributed by atoms with E-state index in [9.17, 15) is 9.59 Å². The first-order valence-corrected chi connectivity index (χ1v) is 8.73. The second-order valence-electron chi connectivity index (χ2n) is 5.42. The lowest BCUT2D eigenvalue weighted by molar-refractivity contribution is 0.0526. The van der Waals surface area contributed by atoms with Crippen molar-refractivity contribution in [2.45, 2.75) is 30.9 Å². The molecule has 0 fully saturated rings. The number of carbonyl (C=O) groups excluding carboxylic acids is 2. The fourth-order valence-corrected chi connectivity index (χ4v) is 3.10. The van der Waals surface area contributed by atoms with Gasteiger partial charge >= 0.3 is 5.97 Å². The monoisotopic (exact) mass is 343 g/mol. The summed E-state index contributed by atoms with van der Waals surface area (Å²) in [6, 6.07) is 14.3. The third-order valence-corrected chi connectivity index (χ3v) is 4.21. The number of hydrogen-bond donors (Lipinski definition) is 1. The molecule has 5 heteroatoms. The normalized spacial score (nSPS) is 10.5. The van der Waals surface area contributed by atoms with E-state index in [2.05, 4.69) is 19.2 Å². The van der Waals surface area contributed by atoms with Gasteiger partial charge < -0.3 is 10.1 Å². The number of rotatable bonds is 6. The number of nitrogens with one attached hydrogen (secondary N) is 1. The van der Waals surface area contributed by atoms with Crippen LogP contribution in [-0.2, 0) is 4.74 Å². The lowest BCUT2D eigenvalue weighted by Gasteiger charge is -2.12. The van der Waals surface area contributed by atoms with Crippen LogP contribution in [0.2, 0.25) is 0 Å². The molecule has 0 aliphatic heterocycles. The van der Waals surface area contributed by atoms with Gasteiger partial charge in [0.05, 0.1) is 17.7 Å². The molecular weight excluding hydrogens is 322 g/mol. The van der Waals surface area contributed by atoms with Gasteiger partial charge in [-0.1, -0.05) is 32.0 Å². The summed E-state index contributed by atoms with van der Waals surface area (Å²) in [5, 5.41) is 3.23. The lowest BCUT2D eigenvalue weighted by Crippen LogP contribution is -2.14. The van der Waals surface area contributed by atoms with Crippen LogP contribution in [0.5, 0.6) is 0 Å². The van der Waals surface area contributed by atoms with E-state index in [0.717, 1.165) is 4.90 Å². The Kier molecular flexibility index (Phi) is 6.44. The number of amides is 1. The Morgan fingerprint density at radius 2 is 1.88 bits per heavy atom. The summed E-state index contributed by atoms with van der Waals surface area (Å²) < 4.78 is 4.98. The smallest absolute Gasteiger partial charge is 0.338 e. The first-order valence-electron chi connectivity index (χ1n) is 7.85. The largest absolute Gasteiger partial charge is 0.462 e. The van der Waals surface area contributed by atoms with Crippen LogP contribution >= 0.6 is 11.8 Å². The number of hydrogen-bond acceptors (Lipinski definition) is 4. The van der Waals surface area contributed by atoms with Crippen LogP contribution in [-0.4, -0.2) is 23.7 Å². The molecule has 0 aliphatic rings. The van der Waals surface area contributed by atoms with Crippen molar-refractivity contribution in [3.63, 3.8) is 0 Å². The van der Waals surface area contributed by atoms with Gasteiger partial charge in [0.15, 0.2) is 0 Å². The summed E-state index contributed by atoms with van der Waals surface area (Å²) in [5.41, 5.74) is 1.60. The molecule has 0 unspecified atom stereocenters. The van der Waals surface area contributed by atoms with Gasteiger partial charge in [0, 0.05) is 15.8 Å². The summed E-state index contributed by atoms with van der Waals surface area (Å²) >= 11 is 1.64. The number of benzene rings is 2. The molecule has 0 heterocycles. The van der Waals surface area contributed by atoms with Gasteiger partial charge in [0.25, 0.3) is 5.91 Å². The molecule has 2 aromatic rings. The Bertz CT molecular complexity index is 728. The quantitative estimate of drug-likeness (QED) is 0.614. The lowest BCUT2D eigenvalue weighted by atomic mass is 10.1. The van der Waals surface area contributed by atoms with Crippen molar-refractivity contribution in [1.82, 2.24) is 0 Å². The van der Waals surface area contributed by atoms with Crippen LogP contribution < -0.4 is 5.32 Å². The first-order chi connectivity index (χ1) is 11.5. The van der Waals surface area contributed by atoms with E-state index in [1.54, 1.807) is 49.0 Å². The summed E-state index contributed by atoms with van der Waals surface area (Å²) in [6.07, 6.45) is 0. The second-order valence-corrected chi connectivity index (χ2v) is 7.04. The van der Waals surface area contributed by atoms with E-state index in [-0.39, 0.29) is 5.91 Å². The van der Waals surface area contributed by atoms with Crippen LogP contribution in [0.15, 0.2) is 53.4 Å². The molecule has 0 saturated heterocycles. The summed E-state index contributed by atoms with van der Waals surface area (Å²) in [6.45, 7) is 6.24. The molecular formula is C19H21NO3S. The molecule has 0 radical (unpaired) electrons. The number of ether oxygens (including phenoxy) is 1. The first kappa shape index (κ1) is 18.1. The highest BCUT2D eigenvalue weighted by atomic mass is 32.2.